The molecule has 0 spiro atoms. The molecule has 1 aliphatic rings. The fraction of sp³-hybridized carbons (Fsp3) is 0.538. The average Bonchev–Trinajstić information content (AvgIpc) is 2.80. The summed E-state index contributed by atoms with van der Waals surface area (Å²) in [5.74, 6) is 0. The van der Waals surface area contributed by atoms with E-state index in [1.54, 1.807) is 0 Å². The lowest BCUT2D eigenvalue weighted by Gasteiger charge is -2.22. The summed E-state index contributed by atoms with van der Waals surface area (Å²) in [6.45, 7) is 3.96. The Morgan fingerprint density at radius 1 is 1.50 bits per heavy atom. The van der Waals surface area contributed by atoms with E-state index in [1.807, 2.05) is 0 Å². The molecular weight excluding hydrogens is 266 g/mol. The monoisotopic (exact) mass is 283 g/mol. The molecule has 2 unspecified atom stereocenters. The van der Waals surface area contributed by atoms with Crippen LogP contribution in [0.3, 0.4) is 0 Å². The van der Waals surface area contributed by atoms with Crippen LogP contribution in [0.1, 0.15) is 31.4 Å². The van der Waals surface area contributed by atoms with E-state index in [0.717, 1.165) is 26.1 Å². The molecule has 1 heterocycles. The normalized spacial score (nSPS) is 22.2. The summed E-state index contributed by atoms with van der Waals surface area (Å²) in [6.07, 6.45) is 2.22. The third-order valence-corrected chi connectivity index (χ3v) is 3.78. The molecule has 0 aliphatic carbocycles. The van der Waals surface area contributed by atoms with E-state index in [9.17, 15) is 0 Å². The first kappa shape index (κ1) is 12.1. The molecule has 2 nitrogen and oxygen atoms in total. The van der Waals surface area contributed by atoms with Crippen molar-refractivity contribution in [1.29, 1.82) is 0 Å². The van der Waals surface area contributed by atoms with Crippen molar-refractivity contribution in [3.63, 3.8) is 0 Å². The summed E-state index contributed by atoms with van der Waals surface area (Å²) in [7, 11) is 0. The zero-order chi connectivity index (χ0) is 11.4. The molecule has 0 saturated carbocycles. The maximum atomic E-state index is 5.39. The minimum Gasteiger partial charge on any atom is -0.380 e. The second-order valence-corrected chi connectivity index (χ2v) is 5.06. The number of halogens is 1. The minimum atomic E-state index is 0.419. The van der Waals surface area contributed by atoms with Crippen LogP contribution in [0.5, 0.6) is 0 Å². The van der Waals surface area contributed by atoms with Gasteiger partial charge in [-0.15, -0.1) is 0 Å². The van der Waals surface area contributed by atoms with Gasteiger partial charge in [-0.2, -0.15) is 0 Å². The molecule has 3 heteroatoms. The van der Waals surface area contributed by atoms with Crippen molar-refractivity contribution in [2.45, 2.75) is 31.8 Å². The van der Waals surface area contributed by atoms with E-state index in [1.165, 1.54) is 10.0 Å². The minimum absolute atomic E-state index is 0.419. The Kier molecular flexibility index (Phi) is 4.38. The first-order valence-corrected chi connectivity index (χ1v) is 6.68. The van der Waals surface area contributed by atoms with Gasteiger partial charge in [0, 0.05) is 23.2 Å². The number of hydrogen-bond donors (Lipinski definition) is 1. The highest BCUT2D eigenvalue weighted by Gasteiger charge is 2.20. The fourth-order valence-corrected chi connectivity index (χ4v) is 2.70. The molecule has 1 fully saturated rings. The van der Waals surface area contributed by atoms with Crippen molar-refractivity contribution in [2.24, 2.45) is 0 Å². The van der Waals surface area contributed by atoms with E-state index in [2.05, 4.69) is 52.4 Å². The van der Waals surface area contributed by atoms with Crippen LogP contribution in [0.25, 0.3) is 0 Å². The molecular formula is C13H18BrNO. The van der Waals surface area contributed by atoms with Gasteiger partial charge in [0.25, 0.3) is 0 Å². The SMILES string of the molecule is CCC(NC1CCOC1)c1ccccc1Br. The number of rotatable bonds is 4. The third-order valence-electron chi connectivity index (χ3n) is 3.06. The molecule has 2 atom stereocenters. The quantitative estimate of drug-likeness (QED) is 0.916. The maximum absolute atomic E-state index is 5.39. The largest absolute Gasteiger partial charge is 0.380 e. The molecule has 0 radical (unpaired) electrons. The maximum Gasteiger partial charge on any atom is 0.0620 e. The van der Waals surface area contributed by atoms with Gasteiger partial charge in [-0.05, 0) is 24.5 Å². The Morgan fingerprint density at radius 2 is 2.31 bits per heavy atom. The summed E-state index contributed by atoms with van der Waals surface area (Å²) < 4.78 is 6.58. The van der Waals surface area contributed by atoms with Crippen LogP contribution in [-0.4, -0.2) is 19.3 Å². The van der Waals surface area contributed by atoms with E-state index in [-0.39, 0.29) is 0 Å². The van der Waals surface area contributed by atoms with E-state index >= 15 is 0 Å². The average molecular weight is 284 g/mol. The van der Waals surface area contributed by atoms with Gasteiger partial charge in [-0.1, -0.05) is 41.1 Å². The van der Waals surface area contributed by atoms with Crippen LogP contribution in [0.4, 0.5) is 0 Å². The van der Waals surface area contributed by atoms with Gasteiger partial charge in [0.2, 0.25) is 0 Å². The van der Waals surface area contributed by atoms with Gasteiger partial charge in [-0.25, -0.2) is 0 Å². The van der Waals surface area contributed by atoms with Crippen molar-refractivity contribution in [3.8, 4) is 0 Å². The Morgan fingerprint density at radius 3 is 2.94 bits per heavy atom. The lowest BCUT2D eigenvalue weighted by atomic mass is 10.0. The molecule has 1 saturated heterocycles. The Hall–Kier alpha value is -0.380. The Labute approximate surface area is 106 Å². The number of hydrogen-bond acceptors (Lipinski definition) is 2. The zero-order valence-corrected chi connectivity index (χ0v) is 11.2. The number of ether oxygens (including phenoxy) is 1. The van der Waals surface area contributed by atoms with Crippen LogP contribution in [0, 0.1) is 0 Å². The van der Waals surface area contributed by atoms with E-state index in [0.29, 0.717) is 12.1 Å². The molecule has 88 valence electrons. The second-order valence-electron chi connectivity index (χ2n) is 4.21. The fourth-order valence-electron chi connectivity index (χ4n) is 2.14. The van der Waals surface area contributed by atoms with Crippen molar-refractivity contribution in [1.82, 2.24) is 5.32 Å². The van der Waals surface area contributed by atoms with Crippen LogP contribution < -0.4 is 5.32 Å². The molecule has 1 aliphatic heterocycles. The van der Waals surface area contributed by atoms with Crippen LogP contribution in [0.2, 0.25) is 0 Å². The smallest absolute Gasteiger partial charge is 0.0620 e. The first-order chi connectivity index (χ1) is 7.81. The number of benzene rings is 1. The van der Waals surface area contributed by atoms with Gasteiger partial charge in [0.05, 0.1) is 6.61 Å². The summed E-state index contributed by atoms with van der Waals surface area (Å²) in [6, 6.07) is 9.36. The summed E-state index contributed by atoms with van der Waals surface area (Å²) in [5, 5.41) is 3.67. The summed E-state index contributed by atoms with van der Waals surface area (Å²) in [5.41, 5.74) is 1.34. The highest BCUT2D eigenvalue weighted by molar-refractivity contribution is 9.10. The predicted molar refractivity (Wildman–Crippen MR) is 69.5 cm³/mol. The zero-order valence-electron chi connectivity index (χ0n) is 9.58. The third kappa shape index (κ3) is 2.84. The van der Waals surface area contributed by atoms with Gasteiger partial charge in [0.1, 0.15) is 0 Å². The van der Waals surface area contributed by atoms with E-state index < -0.39 is 0 Å². The second kappa shape index (κ2) is 5.80. The molecule has 16 heavy (non-hydrogen) atoms. The molecule has 0 aromatic heterocycles. The predicted octanol–water partition coefficient (Wildman–Crippen LogP) is 3.28. The van der Waals surface area contributed by atoms with Gasteiger partial charge >= 0.3 is 0 Å². The topological polar surface area (TPSA) is 21.3 Å². The van der Waals surface area contributed by atoms with E-state index in [4.69, 9.17) is 4.74 Å². The van der Waals surface area contributed by atoms with Crippen molar-refractivity contribution in [2.75, 3.05) is 13.2 Å². The lowest BCUT2D eigenvalue weighted by molar-refractivity contribution is 0.187. The van der Waals surface area contributed by atoms with Gasteiger partial charge in [-0.3, -0.25) is 0 Å². The highest BCUT2D eigenvalue weighted by atomic mass is 79.9. The highest BCUT2D eigenvalue weighted by Crippen LogP contribution is 2.26. The molecule has 1 N–H and O–H groups in total. The van der Waals surface area contributed by atoms with Gasteiger partial charge in [0.15, 0.2) is 0 Å². The van der Waals surface area contributed by atoms with Crippen LogP contribution >= 0.6 is 15.9 Å². The summed E-state index contributed by atoms with van der Waals surface area (Å²) in [4.78, 5) is 0. The molecule has 1 aromatic carbocycles. The molecule has 2 rings (SSSR count). The molecule has 0 amide bonds. The lowest BCUT2D eigenvalue weighted by Crippen LogP contribution is -2.33. The van der Waals surface area contributed by atoms with Gasteiger partial charge < -0.3 is 10.1 Å². The Balaban J connectivity index is 2.06. The Bertz CT molecular complexity index is 336. The molecule has 1 aromatic rings. The van der Waals surface area contributed by atoms with Crippen LogP contribution in [0.15, 0.2) is 28.7 Å². The van der Waals surface area contributed by atoms with Crippen molar-refractivity contribution < 1.29 is 4.74 Å². The first-order valence-electron chi connectivity index (χ1n) is 5.89. The van der Waals surface area contributed by atoms with Crippen LogP contribution in [-0.2, 0) is 4.74 Å². The summed E-state index contributed by atoms with van der Waals surface area (Å²) >= 11 is 3.62. The van der Waals surface area contributed by atoms with Crippen molar-refractivity contribution in [3.05, 3.63) is 34.3 Å². The standard InChI is InChI=1S/C13H18BrNO/c1-2-13(15-10-7-8-16-9-10)11-5-3-4-6-12(11)14/h3-6,10,13,15H,2,7-9H2,1H3. The molecule has 0 bridgehead atoms. The van der Waals surface area contributed by atoms with Crippen molar-refractivity contribution >= 4 is 15.9 Å². The number of nitrogens with one attached hydrogen (secondary N) is 1.